The van der Waals surface area contributed by atoms with Crippen LogP contribution in [0.5, 0.6) is 0 Å². The molecule has 2 aromatic rings. The fourth-order valence-corrected chi connectivity index (χ4v) is 2.19. The van der Waals surface area contributed by atoms with Crippen molar-refractivity contribution >= 4 is 5.91 Å². The summed E-state index contributed by atoms with van der Waals surface area (Å²) in [6, 6.07) is 8.07. The number of carbonyl (C=O) groups excluding carboxylic acids is 1. The summed E-state index contributed by atoms with van der Waals surface area (Å²) in [7, 11) is 1.85. The van der Waals surface area contributed by atoms with E-state index in [1.807, 2.05) is 13.1 Å². The highest BCUT2D eigenvalue weighted by molar-refractivity contribution is 5.93. The van der Waals surface area contributed by atoms with E-state index in [-0.39, 0.29) is 5.91 Å². The Morgan fingerprint density at radius 1 is 1.40 bits per heavy atom. The van der Waals surface area contributed by atoms with Gasteiger partial charge in [-0.2, -0.15) is 5.10 Å². The van der Waals surface area contributed by atoms with Gasteiger partial charge in [0.1, 0.15) is 0 Å². The molecule has 4 heteroatoms. The van der Waals surface area contributed by atoms with E-state index >= 15 is 0 Å². The molecule has 0 radical (unpaired) electrons. The summed E-state index contributed by atoms with van der Waals surface area (Å²) < 4.78 is 1.74. The highest BCUT2D eigenvalue weighted by Gasteiger charge is 2.14. The zero-order valence-electron chi connectivity index (χ0n) is 12.1. The second-order valence-electron chi connectivity index (χ2n) is 4.86. The first-order valence-electron chi connectivity index (χ1n) is 6.53. The Bertz CT molecular complexity index is 656. The largest absolute Gasteiger partial charge is 0.347 e. The van der Waals surface area contributed by atoms with E-state index in [0.717, 1.165) is 11.3 Å². The van der Waals surface area contributed by atoms with Crippen molar-refractivity contribution in [2.75, 3.05) is 6.54 Å². The first-order chi connectivity index (χ1) is 9.52. The van der Waals surface area contributed by atoms with Gasteiger partial charge >= 0.3 is 0 Å². The Hall–Kier alpha value is -2.36. The van der Waals surface area contributed by atoms with Crippen molar-refractivity contribution in [1.82, 2.24) is 15.1 Å². The van der Waals surface area contributed by atoms with Crippen LogP contribution in [0.15, 0.2) is 36.9 Å². The fraction of sp³-hybridized carbons (Fsp3) is 0.250. The second-order valence-corrected chi connectivity index (χ2v) is 4.86. The number of hydrogen-bond donors (Lipinski definition) is 1. The Morgan fingerprint density at radius 2 is 2.15 bits per heavy atom. The Balaban J connectivity index is 2.36. The van der Waals surface area contributed by atoms with E-state index in [1.165, 1.54) is 11.1 Å². The Morgan fingerprint density at radius 3 is 2.80 bits per heavy atom. The number of hydrogen-bond acceptors (Lipinski definition) is 2. The Kier molecular flexibility index (Phi) is 4.03. The van der Waals surface area contributed by atoms with Crippen molar-refractivity contribution in [2.24, 2.45) is 7.05 Å². The van der Waals surface area contributed by atoms with Gasteiger partial charge in [-0.15, -0.1) is 6.58 Å². The van der Waals surface area contributed by atoms with Crippen LogP contribution in [-0.2, 0) is 7.05 Å². The number of benzene rings is 1. The molecule has 1 aromatic carbocycles. The Labute approximate surface area is 119 Å². The van der Waals surface area contributed by atoms with Gasteiger partial charge < -0.3 is 5.32 Å². The van der Waals surface area contributed by atoms with Crippen molar-refractivity contribution in [3.05, 3.63) is 53.7 Å². The predicted molar refractivity (Wildman–Crippen MR) is 80.6 cm³/mol. The molecule has 20 heavy (non-hydrogen) atoms. The van der Waals surface area contributed by atoms with Gasteiger partial charge in [-0.1, -0.05) is 29.8 Å². The van der Waals surface area contributed by atoms with Crippen molar-refractivity contribution in [2.45, 2.75) is 13.8 Å². The van der Waals surface area contributed by atoms with Crippen molar-refractivity contribution in [3.63, 3.8) is 0 Å². The lowest BCUT2D eigenvalue weighted by molar-refractivity contribution is 0.0952. The molecule has 0 aliphatic heterocycles. The van der Waals surface area contributed by atoms with Gasteiger partial charge in [-0.05, 0) is 25.5 Å². The smallest absolute Gasteiger partial charge is 0.272 e. The number of amides is 1. The van der Waals surface area contributed by atoms with Crippen molar-refractivity contribution < 1.29 is 4.79 Å². The molecule has 1 aromatic heterocycles. The third-order valence-electron chi connectivity index (χ3n) is 3.18. The molecular weight excluding hydrogens is 250 g/mol. The third-order valence-corrected chi connectivity index (χ3v) is 3.18. The van der Waals surface area contributed by atoms with E-state index < -0.39 is 0 Å². The molecule has 1 N–H and O–H groups in total. The van der Waals surface area contributed by atoms with Crippen LogP contribution in [0.4, 0.5) is 0 Å². The molecule has 0 spiro atoms. The number of carbonyl (C=O) groups is 1. The van der Waals surface area contributed by atoms with Crippen LogP contribution in [0.1, 0.15) is 21.6 Å². The van der Waals surface area contributed by atoms with Crippen LogP contribution in [-0.4, -0.2) is 22.2 Å². The van der Waals surface area contributed by atoms with Gasteiger partial charge in [0, 0.05) is 19.2 Å². The average Bonchev–Trinajstić information content (AvgIpc) is 2.78. The minimum atomic E-state index is -0.184. The van der Waals surface area contributed by atoms with Crippen LogP contribution in [0.3, 0.4) is 0 Å². The first kappa shape index (κ1) is 14.1. The predicted octanol–water partition coefficient (Wildman–Crippen LogP) is 2.62. The fourth-order valence-electron chi connectivity index (χ4n) is 2.19. The summed E-state index contributed by atoms with van der Waals surface area (Å²) in [6.45, 7) is 8.14. The summed E-state index contributed by atoms with van der Waals surface area (Å²) in [6.07, 6.45) is 1.64. The SMILES string of the molecule is C=CCNC(=O)c1cc(-c2ccc(C)cc2C)n(C)n1. The summed E-state index contributed by atoms with van der Waals surface area (Å²) in [5.41, 5.74) is 4.84. The van der Waals surface area contributed by atoms with Crippen molar-refractivity contribution in [3.8, 4) is 11.3 Å². The highest BCUT2D eigenvalue weighted by atomic mass is 16.1. The van der Waals surface area contributed by atoms with Gasteiger partial charge in [0.25, 0.3) is 5.91 Å². The van der Waals surface area contributed by atoms with E-state index in [4.69, 9.17) is 0 Å². The standard InChI is InChI=1S/C16H19N3O/c1-5-8-17-16(20)14-10-15(19(4)18-14)13-7-6-11(2)9-12(13)3/h5-7,9-10H,1,8H2,2-4H3,(H,17,20). The highest BCUT2D eigenvalue weighted by Crippen LogP contribution is 2.24. The minimum absolute atomic E-state index is 0.184. The van der Waals surface area contributed by atoms with E-state index in [2.05, 4.69) is 49.0 Å². The number of aryl methyl sites for hydroxylation is 3. The molecule has 1 heterocycles. The molecule has 4 nitrogen and oxygen atoms in total. The summed E-state index contributed by atoms with van der Waals surface area (Å²) in [5.74, 6) is -0.184. The van der Waals surface area contributed by atoms with Gasteiger partial charge in [0.2, 0.25) is 0 Å². The average molecular weight is 269 g/mol. The van der Waals surface area contributed by atoms with Crippen LogP contribution >= 0.6 is 0 Å². The normalized spacial score (nSPS) is 10.3. The molecule has 0 saturated heterocycles. The molecule has 0 aliphatic carbocycles. The zero-order valence-corrected chi connectivity index (χ0v) is 12.1. The molecule has 0 aliphatic rings. The molecule has 2 rings (SSSR count). The monoisotopic (exact) mass is 269 g/mol. The lowest BCUT2D eigenvalue weighted by Crippen LogP contribution is -2.23. The van der Waals surface area contributed by atoms with Gasteiger partial charge in [0.15, 0.2) is 5.69 Å². The molecular formula is C16H19N3O. The maximum atomic E-state index is 11.9. The minimum Gasteiger partial charge on any atom is -0.347 e. The van der Waals surface area contributed by atoms with E-state index in [9.17, 15) is 4.79 Å². The maximum absolute atomic E-state index is 11.9. The zero-order chi connectivity index (χ0) is 14.7. The third kappa shape index (κ3) is 2.79. The van der Waals surface area contributed by atoms with E-state index in [0.29, 0.717) is 12.2 Å². The molecule has 0 saturated carbocycles. The van der Waals surface area contributed by atoms with Crippen LogP contribution in [0.2, 0.25) is 0 Å². The lowest BCUT2D eigenvalue weighted by Gasteiger charge is -2.06. The molecule has 0 atom stereocenters. The number of nitrogens with zero attached hydrogens (tertiary/aromatic N) is 2. The lowest BCUT2D eigenvalue weighted by atomic mass is 10.0. The van der Waals surface area contributed by atoms with Gasteiger partial charge in [-0.3, -0.25) is 9.48 Å². The number of rotatable bonds is 4. The van der Waals surface area contributed by atoms with E-state index in [1.54, 1.807) is 10.8 Å². The molecule has 0 bridgehead atoms. The van der Waals surface area contributed by atoms with Crippen LogP contribution < -0.4 is 5.32 Å². The van der Waals surface area contributed by atoms with Crippen LogP contribution in [0, 0.1) is 13.8 Å². The molecule has 1 amide bonds. The van der Waals surface area contributed by atoms with Gasteiger partial charge in [-0.25, -0.2) is 0 Å². The summed E-state index contributed by atoms with van der Waals surface area (Å²) in [4.78, 5) is 11.9. The quantitative estimate of drug-likeness (QED) is 0.867. The summed E-state index contributed by atoms with van der Waals surface area (Å²) in [5, 5.41) is 7.01. The van der Waals surface area contributed by atoms with Crippen LogP contribution in [0.25, 0.3) is 11.3 Å². The molecule has 0 fully saturated rings. The first-order valence-corrected chi connectivity index (χ1v) is 6.53. The number of aromatic nitrogens is 2. The van der Waals surface area contributed by atoms with Crippen molar-refractivity contribution in [1.29, 1.82) is 0 Å². The molecule has 104 valence electrons. The summed E-state index contributed by atoms with van der Waals surface area (Å²) >= 11 is 0. The van der Waals surface area contributed by atoms with Gasteiger partial charge in [0.05, 0.1) is 5.69 Å². The molecule has 0 unspecified atom stereocenters. The maximum Gasteiger partial charge on any atom is 0.272 e. The second kappa shape index (κ2) is 5.74. The topological polar surface area (TPSA) is 46.9 Å². The number of nitrogens with one attached hydrogen (secondary N) is 1.